The molecule has 0 spiro atoms. The molecular weight excluding hydrogens is 746 g/mol. The standard InChI is InChI=1S/C45H35ClF2N6O3/c1-29-22-30(37-24-34(46)25-39-42(37)52(2)44(56)53(39)26-41(55)50-36-20-18-35(47)19-21-36)23-38(48)43(29)57-27-40-51-49-28-54(40)45(31-12-6-3-7-13-31,32-14-8-4-9-15-32)33-16-10-5-11-17-33/h3-25,28H,26-27H2,1-2H3,(H,50,55). The molecule has 0 saturated carbocycles. The monoisotopic (exact) mass is 780 g/mol. The minimum atomic E-state index is -0.893. The van der Waals surface area contributed by atoms with Crippen LogP contribution in [0, 0.1) is 18.6 Å². The highest BCUT2D eigenvalue weighted by Gasteiger charge is 2.40. The van der Waals surface area contributed by atoms with Crippen molar-refractivity contribution in [3.05, 3.63) is 201 Å². The number of halogens is 3. The predicted octanol–water partition coefficient (Wildman–Crippen LogP) is 8.90. The summed E-state index contributed by atoms with van der Waals surface area (Å²) < 4.78 is 40.6. The Bertz CT molecular complexity index is 2670. The number of fused-ring (bicyclic) bond motifs is 1. The van der Waals surface area contributed by atoms with E-state index in [-0.39, 0.29) is 23.9 Å². The smallest absolute Gasteiger partial charge is 0.329 e. The number of aromatic nitrogens is 5. The fourth-order valence-corrected chi connectivity index (χ4v) is 7.78. The minimum Gasteiger partial charge on any atom is -0.482 e. The summed E-state index contributed by atoms with van der Waals surface area (Å²) in [6.07, 6.45) is 1.67. The molecule has 0 atom stereocenters. The number of rotatable bonds is 11. The maximum absolute atomic E-state index is 16.3. The highest BCUT2D eigenvalue weighted by Crippen LogP contribution is 2.42. The van der Waals surface area contributed by atoms with Crippen LogP contribution < -0.4 is 15.7 Å². The lowest BCUT2D eigenvalue weighted by Crippen LogP contribution is -2.38. The Morgan fingerprint density at radius 2 is 1.42 bits per heavy atom. The van der Waals surface area contributed by atoms with Crippen molar-refractivity contribution in [2.75, 3.05) is 5.32 Å². The van der Waals surface area contributed by atoms with Crippen LogP contribution in [0.5, 0.6) is 5.75 Å². The zero-order valence-corrected chi connectivity index (χ0v) is 31.6. The second-order valence-electron chi connectivity index (χ2n) is 13.6. The Kier molecular flexibility index (Phi) is 9.99. The summed E-state index contributed by atoms with van der Waals surface area (Å²) in [6.45, 7) is 1.29. The molecule has 1 amide bonds. The number of nitrogens with zero attached hydrogens (tertiary/aromatic N) is 5. The molecule has 0 radical (unpaired) electrons. The van der Waals surface area contributed by atoms with Gasteiger partial charge >= 0.3 is 5.69 Å². The van der Waals surface area contributed by atoms with E-state index in [0.29, 0.717) is 39.2 Å². The van der Waals surface area contributed by atoms with Crippen LogP contribution in [0.3, 0.4) is 0 Å². The van der Waals surface area contributed by atoms with Crippen LogP contribution in [0.4, 0.5) is 14.5 Å². The molecule has 12 heteroatoms. The van der Waals surface area contributed by atoms with Crippen LogP contribution in [0.15, 0.2) is 151 Å². The number of aryl methyl sites for hydroxylation is 2. The van der Waals surface area contributed by atoms with Gasteiger partial charge in [-0.2, -0.15) is 0 Å². The van der Waals surface area contributed by atoms with Gasteiger partial charge in [-0.3, -0.25) is 18.5 Å². The summed E-state index contributed by atoms with van der Waals surface area (Å²) in [7, 11) is 1.58. The number of nitrogens with one attached hydrogen (secondary N) is 1. The summed E-state index contributed by atoms with van der Waals surface area (Å²) >= 11 is 6.60. The molecule has 0 aliphatic carbocycles. The van der Waals surface area contributed by atoms with Gasteiger partial charge in [-0.1, -0.05) is 103 Å². The van der Waals surface area contributed by atoms with Crippen LogP contribution in [0.1, 0.15) is 28.1 Å². The number of amides is 1. The van der Waals surface area contributed by atoms with Crippen molar-refractivity contribution in [3.8, 4) is 16.9 Å². The lowest BCUT2D eigenvalue weighted by atomic mass is 9.76. The van der Waals surface area contributed by atoms with E-state index in [1.807, 2.05) is 59.2 Å². The van der Waals surface area contributed by atoms with Gasteiger partial charge < -0.3 is 10.1 Å². The molecule has 0 aliphatic rings. The SMILES string of the molecule is Cc1cc(-c2cc(Cl)cc3c2n(C)c(=O)n3CC(=O)Nc2ccc(F)cc2)cc(F)c1OCc1nncn1C(c1ccccc1)(c1ccccc1)c1ccccc1. The molecule has 1 N–H and O–H groups in total. The number of carbonyl (C=O) groups excluding carboxylic acids is 1. The molecule has 0 fully saturated rings. The first-order valence-electron chi connectivity index (χ1n) is 18.1. The second-order valence-corrected chi connectivity index (χ2v) is 14.1. The van der Waals surface area contributed by atoms with Crippen molar-refractivity contribution < 1.29 is 18.3 Å². The summed E-state index contributed by atoms with van der Waals surface area (Å²) in [5.74, 6) is -1.08. The maximum Gasteiger partial charge on any atom is 0.329 e. The van der Waals surface area contributed by atoms with Gasteiger partial charge in [0.2, 0.25) is 5.91 Å². The normalized spacial score (nSPS) is 11.5. The fraction of sp³-hybridized carbons (Fsp3) is 0.111. The average molecular weight is 781 g/mol. The van der Waals surface area contributed by atoms with E-state index in [9.17, 15) is 14.0 Å². The van der Waals surface area contributed by atoms with E-state index in [1.165, 1.54) is 39.5 Å². The molecule has 2 aromatic heterocycles. The van der Waals surface area contributed by atoms with E-state index in [0.717, 1.165) is 16.7 Å². The fourth-order valence-electron chi connectivity index (χ4n) is 7.57. The van der Waals surface area contributed by atoms with Crippen LogP contribution >= 0.6 is 11.6 Å². The van der Waals surface area contributed by atoms with Crippen molar-refractivity contribution in [1.29, 1.82) is 0 Å². The van der Waals surface area contributed by atoms with E-state index >= 15 is 4.39 Å². The molecule has 284 valence electrons. The van der Waals surface area contributed by atoms with Gasteiger partial charge in [0.25, 0.3) is 0 Å². The van der Waals surface area contributed by atoms with Crippen molar-refractivity contribution in [2.24, 2.45) is 7.05 Å². The Hall–Kier alpha value is -6.85. The number of anilines is 1. The van der Waals surface area contributed by atoms with Crippen molar-refractivity contribution in [3.63, 3.8) is 0 Å². The Morgan fingerprint density at radius 1 is 0.825 bits per heavy atom. The lowest BCUT2D eigenvalue weighted by Gasteiger charge is -2.38. The van der Waals surface area contributed by atoms with Gasteiger partial charge in [-0.15, -0.1) is 10.2 Å². The van der Waals surface area contributed by atoms with Gasteiger partial charge in [0.1, 0.15) is 30.8 Å². The molecule has 57 heavy (non-hydrogen) atoms. The quantitative estimate of drug-likeness (QED) is 0.132. The van der Waals surface area contributed by atoms with Crippen LogP contribution in [0.2, 0.25) is 5.02 Å². The third-order valence-electron chi connectivity index (χ3n) is 10.1. The average Bonchev–Trinajstić information content (AvgIpc) is 3.78. The Balaban J connectivity index is 1.14. The number of benzene rings is 6. The minimum absolute atomic E-state index is 0.0280. The third-order valence-corrected chi connectivity index (χ3v) is 10.3. The zero-order valence-electron chi connectivity index (χ0n) is 30.9. The Morgan fingerprint density at radius 3 is 2.00 bits per heavy atom. The van der Waals surface area contributed by atoms with Gasteiger partial charge in [0.15, 0.2) is 17.4 Å². The molecule has 0 saturated heterocycles. The van der Waals surface area contributed by atoms with Crippen molar-refractivity contribution in [1.82, 2.24) is 23.9 Å². The van der Waals surface area contributed by atoms with Gasteiger partial charge in [-0.25, -0.2) is 13.6 Å². The summed E-state index contributed by atoms with van der Waals surface area (Å²) in [6, 6.07) is 41.9. The third kappa shape index (κ3) is 6.87. The van der Waals surface area contributed by atoms with E-state index in [4.69, 9.17) is 16.3 Å². The number of hydrogen-bond acceptors (Lipinski definition) is 5. The molecule has 9 nitrogen and oxygen atoms in total. The summed E-state index contributed by atoms with van der Waals surface area (Å²) in [4.78, 5) is 26.5. The summed E-state index contributed by atoms with van der Waals surface area (Å²) in [5.41, 5.74) is 4.21. The lowest BCUT2D eigenvalue weighted by molar-refractivity contribution is -0.116. The van der Waals surface area contributed by atoms with Crippen LogP contribution in [0.25, 0.3) is 22.2 Å². The molecule has 0 unspecified atom stereocenters. The van der Waals surface area contributed by atoms with E-state index < -0.39 is 28.8 Å². The van der Waals surface area contributed by atoms with Crippen LogP contribution in [-0.4, -0.2) is 29.8 Å². The molecule has 8 aromatic rings. The molecule has 2 heterocycles. The number of ether oxygens (including phenoxy) is 1. The first kappa shape index (κ1) is 37.1. The van der Waals surface area contributed by atoms with Gasteiger partial charge in [0, 0.05) is 23.3 Å². The molecule has 0 bridgehead atoms. The van der Waals surface area contributed by atoms with Crippen molar-refractivity contribution >= 4 is 34.2 Å². The van der Waals surface area contributed by atoms with Crippen LogP contribution in [-0.2, 0) is 30.5 Å². The van der Waals surface area contributed by atoms with Crippen molar-refractivity contribution in [2.45, 2.75) is 25.6 Å². The Labute approximate surface area is 331 Å². The number of hydrogen-bond donors (Lipinski definition) is 1. The largest absolute Gasteiger partial charge is 0.482 e. The highest BCUT2D eigenvalue weighted by atomic mass is 35.5. The highest BCUT2D eigenvalue weighted by molar-refractivity contribution is 6.31. The second kappa shape index (κ2) is 15.4. The molecule has 6 aromatic carbocycles. The number of imidazole rings is 1. The first-order chi connectivity index (χ1) is 27.6. The molecule has 8 rings (SSSR count). The van der Waals surface area contributed by atoms with E-state index in [1.54, 1.807) is 38.5 Å². The predicted molar refractivity (Wildman–Crippen MR) is 216 cm³/mol. The summed E-state index contributed by atoms with van der Waals surface area (Å²) in [5, 5.41) is 11.8. The van der Waals surface area contributed by atoms with Gasteiger partial charge in [-0.05, 0) is 83.3 Å². The zero-order chi connectivity index (χ0) is 39.7. The van der Waals surface area contributed by atoms with Gasteiger partial charge in [0.05, 0.1) is 11.0 Å². The molecular formula is C45H35ClF2N6O3. The van der Waals surface area contributed by atoms with E-state index in [2.05, 4.69) is 51.9 Å². The first-order valence-corrected chi connectivity index (χ1v) is 18.5. The topological polar surface area (TPSA) is 96.0 Å². The maximum atomic E-state index is 16.3. The number of carbonyl (C=O) groups is 1. The molecule has 0 aliphatic heterocycles.